The molecule has 2 aliphatic rings. The van der Waals surface area contributed by atoms with E-state index in [2.05, 4.69) is 9.88 Å². The second kappa shape index (κ2) is 6.63. The van der Waals surface area contributed by atoms with Crippen LogP contribution in [0.15, 0.2) is 24.4 Å². The number of rotatable bonds is 3. The molecule has 3 nitrogen and oxygen atoms in total. The quantitative estimate of drug-likeness (QED) is 0.831. The standard InChI is InChI=1S/C19H22F2N2O/c20-13-11-16-18(5-8-22-19(16)17(21)12-13)23-9-6-15(7-10-23)24-14-3-1-2-4-14/h5,8,11-12,14-15H,1-4,6-7,9-10H2. The Morgan fingerprint density at radius 3 is 2.46 bits per heavy atom. The normalized spacial score (nSPS) is 20.2. The monoisotopic (exact) mass is 332 g/mol. The third-order valence-electron chi connectivity index (χ3n) is 5.21. The molecule has 24 heavy (non-hydrogen) atoms. The van der Waals surface area contributed by atoms with Crippen molar-refractivity contribution in [1.29, 1.82) is 0 Å². The summed E-state index contributed by atoms with van der Waals surface area (Å²) in [6.07, 6.45) is 9.20. The van der Waals surface area contributed by atoms with Crippen molar-refractivity contribution >= 4 is 16.6 Å². The lowest BCUT2D eigenvalue weighted by molar-refractivity contribution is -0.0194. The van der Waals surface area contributed by atoms with Crippen LogP contribution in [0.1, 0.15) is 38.5 Å². The largest absolute Gasteiger partial charge is 0.375 e. The van der Waals surface area contributed by atoms with E-state index >= 15 is 0 Å². The van der Waals surface area contributed by atoms with Crippen LogP contribution in [0.3, 0.4) is 0 Å². The molecule has 1 aliphatic heterocycles. The van der Waals surface area contributed by atoms with Crippen molar-refractivity contribution in [2.45, 2.75) is 50.7 Å². The molecule has 0 spiro atoms. The summed E-state index contributed by atoms with van der Waals surface area (Å²) in [5.74, 6) is -1.17. The summed E-state index contributed by atoms with van der Waals surface area (Å²) < 4.78 is 33.8. The third kappa shape index (κ3) is 3.09. The van der Waals surface area contributed by atoms with E-state index in [0.717, 1.165) is 37.7 Å². The molecule has 1 aliphatic carbocycles. The number of ether oxygens (including phenoxy) is 1. The number of benzene rings is 1. The maximum atomic E-state index is 13.9. The smallest absolute Gasteiger partial charge is 0.152 e. The summed E-state index contributed by atoms with van der Waals surface area (Å²) in [4.78, 5) is 6.26. The van der Waals surface area contributed by atoms with Crippen LogP contribution in [0.4, 0.5) is 14.5 Å². The molecule has 4 rings (SSSR count). The number of hydrogen-bond acceptors (Lipinski definition) is 3. The fraction of sp³-hybridized carbons (Fsp3) is 0.526. The Kier molecular flexibility index (Phi) is 4.35. The van der Waals surface area contributed by atoms with Gasteiger partial charge in [0.2, 0.25) is 0 Å². The molecule has 1 aromatic heterocycles. The van der Waals surface area contributed by atoms with Gasteiger partial charge in [-0.05, 0) is 37.8 Å². The second-order valence-electron chi connectivity index (χ2n) is 6.84. The molecule has 0 N–H and O–H groups in total. The number of pyridine rings is 1. The van der Waals surface area contributed by atoms with E-state index in [0.29, 0.717) is 17.6 Å². The number of hydrogen-bond donors (Lipinski definition) is 0. The maximum absolute atomic E-state index is 13.9. The van der Waals surface area contributed by atoms with Gasteiger partial charge in [0.25, 0.3) is 0 Å². The van der Waals surface area contributed by atoms with Gasteiger partial charge in [0.1, 0.15) is 11.3 Å². The summed E-state index contributed by atoms with van der Waals surface area (Å²) >= 11 is 0. The molecule has 5 heteroatoms. The Bertz CT molecular complexity index is 723. The van der Waals surface area contributed by atoms with Crippen molar-refractivity contribution in [3.05, 3.63) is 36.0 Å². The zero-order valence-electron chi connectivity index (χ0n) is 13.7. The van der Waals surface area contributed by atoms with Gasteiger partial charge in [0.15, 0.2) is 5.82 Å². The predicted octanol–water partition coefficient (Wildman–Crippen LogP) is 4.44. The van der Waals surface area contributed by atoms with E-state index in [9.17, 15) is 8.78 Å². The molecule has 0 unspecified atom stereocenters. The molecular weight excluding hydrogens is 310 g/mol. The molecule has 0 radical (unpaired) electrons. The van der Waals surface area contributed by atoms with Crippen molar-refractivity contribution in [3.63, 3.8) is 0 Å². The third-order valence-corrected chi connectivity index (χ3v) is 5.21. The molecule has 128 valence electrons. The number of fused-ring (bicyclic) bond motifs is 1. The molecule has 2 aromatic rings. The molecule has 0 bridgehead atoms. The van der Waals surface area contributed by atoms with Crippen LogP contribution in [0.25, 0.3) is 10.9 Å². The summed E-state index contributed by atoms with van der Waals surface area (Å²) in [7, 11) is 0. The second-order valence-corrected chi connectivity index (χ2v) is 6.84. The van der Waals surface area contributed by atoms with Crippen molar-refractivity contribution in [2.24, 2.45) is 0 Å². The van der Waals surface area contributed by atoms with Crippen LogP contribution in [0, 0.1) is 11.6 Å². The zero-order chi connectivity index (χ0) is 16.5. The highest BCUT2D eigenvalue weighted by Gasteiger charge is 2.25. The molecule has 0 amide bonds. The van der Waals surface area contributed by atoms with Crippen LogP contribution in [-0.2, 0) is 4.74 Å². The predicted molar refractivity (Wildman–Crippen MR) is 90.2 cm³/mol. The van der Waals surface area contributed by atoms with Crippen LogP contribution in [0.5, 0.6) is 0 Å². The number of nitrogens with zero attached hydrogens (tertiary/aromatic N) is 2. The van der Waals surface area contributed by atoms with Crippen molar-refractivity contribution in [1.82, 2.24) is 4.98 Å². The SMILES string of the molecule is Fc1cc(F)c2nccc(N3CCC(OC4CCCC4)CC3)c2c1. The first-order chi connectivity index (χ1) is 11.7. The average molecular weight is 332 g/mol. The molecule has 1 aromatic carbocycles. The van der Waals surface area contributed by atoms with E-state index in [1.807, 2.05) is 6.07 Å². The first-order valence-corrected chi connectivity index (χ1v) is 8.85. The topological polar surface area (TPSA) is 25.4 Å². The average Bonchev–Trinajstić information content (AvgIpc) is 3.08. The van der Waals surface area contributed by atoms with Gasteiger partial charge in [-0.1, -0.05) is 12.8 Å². The number of aromatic nitrogens is 1. The van der Waals surface area contributed by atoms with E-state index in [1.165, 1.54) is 31.7 Å². The lowest BCUT2D eigenvalue weighted by atomic mass is 10.0. The van der Waals surface area contributed by atoms with Crippen LogP contribution in [-0.4, -0.2) is 30.3 Å². The van der Waals surface area contributed by atoms with Gasteiger partial charge in [-0.25, -0.2) is 8.78 Å². The fourth-order valence-corrected chi connectivity index (χ4v) is 3.97. The lowest BCUT2D eigenvalue weighted by Gasteiger charge is -2.35. The molecule has 2 heterocycles. The summed E-state index contributed by atoms with van der Waals surface area (Å²) in [5, 5.41) is 0.546. The zero-order valence-corrected chi connectivity index (χ0v) is 13.7. The first-order valence-electron chi connectivity index (χ1n) is 8.85. The van der Waals surface area contributed by atoms with Crippen molar-refractivity contribution < 1.29 is 13.5 Å². The van der Waals surface area contributed by atoms with Gasteiger partial charge >= 0.3 is 0 Å². The van der Waals surface area contributed by atoms with Gasteiger partial charge in [0, 0.05) is 36.4 Å². The minimum Gasteiger partial charge on any atom is -0.375 e. The Morgan fingerprint density at radius 2 is 1.71 bits per heavy atom. The van der Waals surface area contributed by atoms with Crippen LogP contribution >= 0.6 is 0 Å². The highest BCUT2D eigenvalue weighted by atomic mass is 19.1. The molecular formula is C19H22F2N2O. The van der Waals surface area contributed by atoms with Crippen LogP contribution < -0.4 is 4.90 Å². The van der Waals surface area contributed by atoms with Crippen molar-refractivity contribution in [2.75, 3.05) is 18.0 Å². The fourth-order valence-electron chi connectivity index (χ4n) is 3.97. The first kappa shape index (κ1) is 15.8. The number of anilines is 1. The van der Waals surface area contributed by atoms with Gasteiger partial charge in [-0.2, -0.15) is 0 Å². The Labute approximate surface area is 140 Å². The molecule has 1 saturated carbocycles. The Morgan fingerprint density at radius 1 is 1.00 bits per heavy atom. The lowest BCUT2D eigenvalue weighted by Crippen LogP contribution is -2.38. The van der Waals surface area contributed by atoms with E-state index in [4.69, 9.17) is 4.74 Å². The van der Waals surface area contributed by atoms with Gasteiger partial charge in [-0.3, -0.25) is 4.98 Å². The molecule has 1 saturated heterocycles. The van der Waals surface area contributed by atoms with Gasteiger partial charge in [-0.15, -0.1) is 0 Å². The minimum absolute atomic E-state index is 0.234. The van der Waals surface area contributed by atoms with E-state index in [1.54, 1.807) is 6.20 Å². The summed E-state index contributed by atoms with van der Waals surface area (Å²) in [6.45, 7) is 1.68. The van der Waals surface area contributed by atoms with Crippen molar-refractivity contribution in [3.8, 4) is 0 Å². The highest BCUT2D eigenvalue weighted by molar-refractivity contribution is 5.92. The molecule has 0 atom stereocenters. The maximum Gasteiger partial charge on any atom is 0.152 e. The Balaban J connectivity index is 1.50. The Hall–Kier alpha value is -1.75. The minimum atomic E-state index is -0.605. The number of halogens is 2. The summed E-state index contributed by atoms with van der Waals surface area (Å²) in [5.41, 5.74) is 1.09. The number of piperidine rings is 1. The molecule has 2 fully saturated rings. The van der Waals surface area contributed by atoms with E-state index < -0.39 is 11.6 Å². The van der Waals surface area contributed by atoms with Gasteiger partial charge < -0.3 is 9.64 Å². The highest BCUT2D eigenvalue weighted by Crippen LogP contribution is 2.31. The van der Waals surface area contributed by atoms with Crippen LogP contribution in [0.2, 0.25) is 0 Å². The van der Waals surface area contributed by atoms with E-state index in [-0.39, 0.29) is 5.52 Å². The van der Waals surface area contributed by atoms with Gasteiger partial charge in [0.05, 0.1) is 12.2 Å². The summed E-state index contributed by atoms with van der Waals surface area (Å²) in [6, 6.07) is 4.11.